The van der Waals surface area contributed by atoms with Crippen LogP contribution < -0.4 is 15.0 Å². The summed E-state index contributed by atoms with van der Waals surface area (Å²) in [4.78, 5) is 27.9. The second kappa shape index (κ2) is 8.92. The Morgan fingerprint density at radius 1 is 1.06 bits per heavy atom. The Kier molecular flexibility index (Phi) is 6.28. The molecular weight excluding hydrogens is 434 g/mol. The molecule has 11 heteroatoms. The molecule has 1 heterocycles. The first-order valence-electron chi connectivity index (χ1n) is 8.93. The Morgan fingerprint density at radius 3 is 2.28 bits per heavy atom. The summed E-state index contributed by atoms with van der Waals surface area (Å²) in [5.74, 6) is -1.65. The highest BCUT2D eigenvalue weighted by molar-refractivity contribution is 6.04. The van der Waals surface area contributed by atoms with Gasteiger partial charge in [-0.3, -0.25) is 9.69 Å². The van der Waals surface area contributed by atoms with Gasteiger partial charge in [-0.1, -0.05) is 0 Å². The van der Waals surface area contributed by atoms with Crippen molar-refractivity contribution in [1.29, 1.82) is 0 Å². The van der Waals surface area contributed by atoms with E-state index in [2.05, 4.69) is 10.3 Å². The smallest absolute Gasteiger partial charge is 0.416 e. The molecule has 0 spiro atoms. The molecule has 0 atom stereocenters. The van der Waals surface area contributed by atoms with Crippen molar-refractivity contribution in [3.8, 4) is 11.6 Å². The second-order valence-corrected chi connectivity index (χ2v) is 6.47. The van der Waals surface area contributed by atoms with Gasteiger partial charge in [-0.2, -0.15) is 13.2 Å². The summed E-state index contributed by atoms with van der Waals surface area (Å²) in [7, 11) is 1.26. The summed E-state index contributed by atoms with van der Waals surface area (Å²) >= 11 is 0. The number of carboxylic acid groups (broad SMARTS) is 1. The number of hydrogen-bond donors (Lipinski definition) is 2. The van der Waals surface area contributed by atoms with E-state index in [1.54, 1.807) is 0 Å². The van der Waals surface area contributed by atoms with Crippen LogP contribution in [0, 0.1) is 5.82 Å². The van der Waals surface area contributed by atoms with E-state index < -0.39 is 29.6 Å². The summed E-state index contributed by atoms with van der Waals surface area (Å²) in [5.41, 5.74) is -0.503. The molecule has 0 aliphatic carbocycles. The standard InChI is InChI=1S/C21H15F4N3O4/c1-28(20(30)31)15-7-8-17(16(22)10-15)32-18-9-6-14(11-26-18)27-19(29)12-2-4-13(5-3-12)21(23,24)25/h2-11H,1H3,(H,27,29)(H,30,31). The monoisotopic (exact) mass is 449 g/mol. The van der Waals surface area contributed by atoms with Crippen LogP contribution in [0.2, 0.25) is 0 Å². The Balaban J connectivity index is 1.65. The lowest BCUT2D eigenvalue weighted by atomic mass is 10.1. The SMILES string of the molecule is CN(C(=O)O)c1ccc(Oc2ccc(NC(=O)c3ccc(C(F)(F)F)cc3)cn2)c(F)c1. The number of nitrogens with zero attached hydrogens (tertiary/aromatic N) is 2. The lowest BCUT2D eigenvalue weighted by Crippen LogP contribution is -2.23. The van der Waals surface area contributed by atoms with Crippen molar-refractivity contribution in [3.05, 3.63) is 77.7 Å². The Bertz CT molecular complexity index is 1130. The maximum Gasteiger partial charge on any atom is 0.416 e. The molecule has 0 saturated carbocycles. The number of rotatable bonds is 5. The first kappa shape index (κ1) is 22.5. The van der Waals surface area contributed by atoms with Gasteiger partial charge in [-0.15, -0.1) is 0 Å². The van der Waals surface area contributed by atoms with Gasteiger partial charge in [0.2, 0.25) is 5.88 Å². The van der Waals surface area contributed by atoms with Crippen molar-refractivity contribution in [2.45, 2.75) is 6.18 Å². The number of anilines is 2. The van der Waals surface area contributed by atoms with E-state index >= 15 is 0 Å². The summed E-state index contributed by atoms with van der Waals surface area (Å²) in [6.07, 6.45) is -4.53. The van der Waals surface area contributed by atoms with Crippen molar-refractivity contribution >= 4 is 23.4 Å². The van der Waals surface area contributed by atoms with Gasteiger partial charge in [0.25, 0.3) is 5.91 Å². The molecule has 0 bridgehead atoms. The zero-order chi connectivity index (χ0) is 23.5. The molecule has 166 valence electrons. The number of carbonyl (C=O) groups excluding carboxylic acids is 1. The maximum absolute atomic E-state index is 14.2. The zero-order valence-electron chi connectivity index (χ0n) is 16.4. The van der Waals surface area contributed by atoms with Gasteiger partial charge >= 0.3 is 12.3 Å². The molecule has 3 rings (SSSR count). The fourth-order valence-corrected chi connectivity index (χ4v) is 2.53. The maximum atomic E-state index is 14.2. The fraction of sp³-hybridized carbons (Fsp3) is 0.0952. The highest BCUT2D eigenvalue weighted by atomic mass is 19.4. The van der Waals surface area contributed by atoms with Crippen molar-refractivity contribution in [2.24, 2.45) is 0 Å². The molecule has 2 aromatic carbocycles. The number of pyridine rings is 1. The van der Waals surface area contributed by atoms with Gasteiger partial charge in [0.05, 0.1) is 17.4 Å². The molecular formula is C21H15F4N3O4. The van der Waals surface area contributed by atoms with Gasteiger partial charge in [-0.05, 0) is 42.5 Å². The van der Waals surface area contributed by atoms with E-state index in [4.69, 9.17) is 9.84 Å². The first-order valence-corrected chi connectivity index (χ1v) is 8.93. The van der Waals surface area contributed by atoms with Crippen molar-refractivity contribution < 1.29 is 37.0 Å². The molecule has 3 aromatic rings. The van der Waals surface area contributed by atoms with Gasteiger partial charge in [0.15, 0.2) is 11.6 Å². The van der Waals surface area contributed by atoms with Gasteiger partial charge in [0, 0.05) is 30.4 Å². The van der Waals surface area contributed by atoms with Crippen LogP contribution in [-0.4, -0.2) is 29.1 Å². The van der Waals surface area contributed by atoms with Crippen LogP contribution in [0.5, 0.6) is 11.6 Å². The highest BCUT2D eigenvalue weighted by Gasteiger charge is 2.30. The molecule has 2 amide bonds. The van der Waals surface area contributed by atoms with E-state index in [1.165, 1.54) is 37.5 Å². The van der Waals surface area contributed by atoms with E-state index in [-0.39, 0.29) is 28.6 Å². The van der Waals surface area contributed by atoms with Crippen molar-refractivity contribution in [1.82, 2.24) is 4.98 Å². The van der Waals surface area contributed by atoms with Crippen LogP contribution in [-0.2, 0) is 6.18 Å². The number of ether oxygens (including phenoxy) is 1. The molecule has 1 aromatic heterocycles. The molecule has 0 saturated heterocycles. The number of alkyl halides is 3. The molecule has 32 heavy (non-hydrogen) atoms. The van der Waals surface area contributed by atoms with E-state index in [9.17, 15) is 27.2 Å². The van der Waals surface area contributed by atoms with Crippen LogP contribution in [0.25, 0.3) is 0 Å². The third-order valence-corrected chi connectivity index (χ3v) is 4.27. The third-order valence-electron chi connectivity index (χ3n) is 4.27. The minimum absolute atomic E-state index is 0.00392. The highest BCUT2D eigenvalue weighted by Crippen LogP contribution is 2.30. The summed E-state index contributed by atoms with van der Waals surface area (Å²) in [6.45, 7) is 0. The molecule has 0 unspecified atom stereocenters. The number of nitrogens with one attached hydrogen (secondary N) is 1. The second-order valence-electron chi connectivity index (χ2n) is 6.47. The molecule has 0 aliphatic rings. The van der Waals surface area contributed by atoms with Crippen LogP contribution in [0.1, 0.15) is 15.9 Å². The predicted octanol–water partition coefficient (Wildman–Crippen LogP) is 5.40. The van der Waals surface area contributed by atoms with Crippen molar-refractivity contribution in [3.63, 3.8) is 0 Å². The average molecular weight is 449 g/mol. The van der Waals surface area contributed by atoms with Crippen molar-refractivity contribution in [2.75, 3.05) is 17.3 Å². The van der Waals surface area contributed by atoms with Crippen LogP contribution >= 0.6 is 0 Å². The topological polar surface area (TPSA) is 91.8 Å². The third kappa shape index (κ3) is 5.31. The number of carbonyl (C=O) groups is 2. The molecule has 7 nitrogen and oxygen atoms in total. The van der Waals surface area contributed by atoms with Crippen LogP contribution in [0.3, 0.4) is 0 Å². The quantitative estimate of drug-likeness (QED) is 0.509. The number of amides is 2. The average Bonchev–Trinajstić information content (AvgIpc) is 2.75. The number of aromatic nitrogens is 1. The normalized spacial score (nSPS) is 11.0. The molecule has 2 N–H and O–H groups in total. The Morgan fingerprint density at radius 2 is 1.75 bits per heavy atom. The van der Waals surface area contributed by atoms with Crippen LogP contribution in [0.4, 0.5) is 33.7 Å². The minimum atomic E-state index is -4.50. The summed E-state index contributed by atoms with van der Waals surface area (Å²) in [5, 5.41) is 11.4. The van der Waals surface area contributed by atoms with Crippen LogP contribution in [0.15, 0.2) is 60.8 Å². The molecule has 0 fully saturated rings. The van der Waals surface area contributed by atoms with E-state index in [0.717, 1.165) is 35.2 Å². The van der Waals surface area contributed by atoms with Gasteiger partial charge < -0.3 is 15.2 Å². The van der Waals surface area contributed by atoms with E-state index in [1.807, 2.05) is 0 Å². The molecule has 0 radical (unpaired) electrons. The Hall–Kier alpha value is -4.15. The predicted molar refractivity (Wildman–Crippen MR) is 107 cm³/mol. The summed E-state index contributed by atoms with van der Waals surface area (Å²) in [6, 6.07) is 10.1. The summed E-state index contributed by atoms with van der Waals surface area (Å²) < 4.78 is 57.3. The van der Waals surface area contributed by atoms with Gasteiger partial charge in [0.1, 0.15) is 0 Å². The molecule has 0 aliphatic heterocycles. The minimum Gasteiger partial charge on any atom is -0.465 e. The Labute approximate surface area is 178 Å². The number of benzene rings is 2. The largest absolute Gasteiger partial charge is 0.465 e. The lowest BCUT2D eigenvalue weighted by Gasteiger charge is -2.14. The first-order chi connectivity index (χ1) is 15.0. The lowest BCUT2D eigenvalue weighted by molar-refractivity contribution is -0.137. The van der Waals surface area contributed by atoms with E-state index in [0.29, 0.717) is 0 Å². The zero-order valence-corrected chi connectivity index (χ0v) is 16.4. The fourth-order valence-electron chi connectivity index (χ4n) is 2.53. The van der Waals surface area contributed by atoms with Gasteiger partial charge in [-0.25, -0.2) is 14.2 Å². The number of hydrogen-bond acceptors (Lipinski definition) is 4. The number of halogens is 4.